The van der Waals surface area contributed by atoms with Crippen molar-refractivity contribution in [1.29, 1.82) is 0 Å². The number of hydrogen-bond acceptors (Lipinski definition) is 3. The van der Waals surface area contributed by atoms with Crippen LogP contribution in [0.5, 0.6) is 5.75 Å². The van der Waals surface area contributed by atoms with Gasteiger partial charge >= 0.3 is 0 Å². The van der Waals surface area contributed by atoms with Crippen molar-refractivity contribution in [1.82, 2.24) is 0 Å². The van der Waals surface area contributed by atoms with Crippen molar-refractivity contribution in [3.63, 3.8) is 0 Å². The predicted octanol–water partition coefficient (Wildman–Crippen LogP) is 4.70. The molecule has 0 radical (unpaired) electrons. The fourth-order valence-electron chi connectivity index (χ4n) is 3.53. The van der Waals surface area contributed by atoms with E-state index in [1.807, 2.05) is 48.5 Å². The number of benzene rings is 3. The van der Waals surface area contributed by atoms with E-state index in [2.05, 4.69) is 35.3 Å². The maximum atomic E-state index is 12.2. The molecule has 3 aromatic carbocycles. The van der Waals surface area contributed by atoms with Gasteiger partial charge < -0.3 is 15.0 Å². The highest BCUT2D eigenvalue weighted by Gasteiger charge is 2.18. The van der Waals surface area contributed by atoms with E-state index in [9.17, 15) is 4.79 Å². The summed E-state index contributed by atoms with van der Waals surface area (Å²) in [7, 11) is 0. The van der Waals surface area contributed by atoms with Crippen molar-refractivity contribution in [3.05, 3.63) is 66.7 Å². The highest BCUT2D eigenvalue weighted by atomic mass is 16.5. The number of rotatable bonds is 5. The number of hydrogen-bond donors (Lipinski definition) is 1. The normalized spacial score (nSPS) is 16.5. The number of carbonyl (C=O) groups excluding carboxylic acids is 1. The van der Waals surface area contributed by atoms with Crippen molar-refractivity contribution in [2.75, 3.05) is 29.9 Å². The number of nitrogens with one attached hydrogen (secondary N) is 1. The number of carbonyl (C=O) groups is 1. The summed E-state index contributed by atoms with van der Waals surface area (Å²) in [5.41, 5.74) is 2.00. The van der Waals surface area contributed by atoms with Gasteiger partial charge in [0.1, 0.15) is 5.75 Å². The van der Waals surface area contributed by atoms with E-state index in [1.165, 1.54) is 12.1 Å². The minimum Gasteiger partial charge on any atom is -0.484 e. The molecule has 1 N–H and O–H groups in total. The molecule has 27 heavy (non-hydrogen) atoms. The molecule has 1 unspecified atom stereocenters. The highest BCUT2D eigenvalue weighted by Crippen LogP contribution is 2.25. The Bertz CT molecular complexity index is 937. The van der Waals surface area contributed by atoms with E-state index >= 15 is 0 Å². The van der Waals surface area contributed by atoms with Gasteiger partial charge in [-0.25, -0.2) is 0 Å². The van der Waals surface area contributed by atoms with Crippen molar-refractivity contribution >= 4 is 28.1 Å². The van der Waals surface area contributed by atoms with Crippen LogP contribution >= 0.6 is 0 Å². The van der Waals surface area contributed by atoms with Gasteiger partial charge in [-0.05, 0) is 59.5 Å². The van der Waals surface area contributed by atoms with Gasteiger partial charge in [-0.15, -0.1) is 0 Å². The average Bonchev–Trinajstić information content (AvgIpc) is 3.13. The average molecular weight is 360 g/mol. The lowest BCUT2D eigenvalue weighted by atomic mass is 10.1. The molecule has 4 rings (SSSR count). The van der Waals surface area contributed by atoms with Crippen molar-refractivity contribution in [2.24, 2.45) is 5.92 Å². The molecular formula is C23H24N2O2. The number of nitrogens with zero attached hydrogens (tertiary/aromatic N) is 1. The second-order valence-electron chi connectivity index (χ2n) is 7.23. The van der Waals surface area contributed by atoms with Gasteiger partial charge in [0.05, 0.1) is 0 Å². The van der Waals surface area contributed by atoms with E-state index in [0.29, 0.717) is 5.75 Å². The SMILES string of the molecule is CC1CCN(c2ccc(NC(=O)COc3ccc4ccccc4c3)cc2)C1. The third-order valence-electron chi connectivity index (χ3n) is 5.03. The Morgan fingerprint density at radius 1 is 1.07 bits per heavy atom. The first-order valence-corrected chi connectivity index (χ1v) is 9.44. The van der Waals surface area contributed by atoms with Gasteiger partial charge in [-0.2, -0.15) is 0 Å². The summed E-state index contributed by atoms with van der Waals surface area (Å²) in [6.07, 6.45) is 1.24. The van der Waals surface area contributed by atoms with E-state index in [0.717, 1.165) is 35.5 Å². The zero-order valence-electron chi connectivity index (χ0n) is 15.5. The third-order valence-corrected chi connectivity index (χ3v) is 5.03. The molecule has 1 aliphatic heterocycles. The summed E-state index contributed by atoms with van der Waals surface area (Å²) in [6, 6.07) is 22.0. The maximum Gasteiger partial charge on any atom is 0.262 e. The van der Waals surface area contributed by atoms with Crippen LogP contribution in [0.3, 0.4) is 0 Å². The smallest absolute Gasteiger partial charge is 0.262 e. The lowest BCUT2D eigenvalue weighted by Gasteiger charge is -2.18. The Balaban J connectivity index is 1.32. The lowest BCUT2D eigenvalue weighted by molar-refractivity contribution is -0.118. The van der Waals surface area contributed by atoms with Crippen molar-refractivity contribution in [3.8, 4) is 5.75 Å². The van der Waals surface area contributed by atoms with Gasteiger partial charge in [-0.3, -0.25) is 4.79 Å². The minimum atomic E-state index is -0.161. The molecule has 1 atom stereocenters. The molecule has 0 bridgehead atoms. The number of ether oxygens (including phenoxy) is 1. The van der Waals surface area contributed by atoms with Gasteiger partial charge in [0, 0.05) is 24.5 Å². The van der Waals surface area contributed by atoms with E-state index in [1.54, 1.807) is 0 Å². The molecule has 0 aliphatic carbocycles. The predicted molar refractivity (Wildman–Crippen MR) is 111 cm³/mol. The summed E-state index contributed by atoms with van der Waals surface area (Å²) >= 11 is 0. The van der Waals surface area contributed by atoms with Crippen LogP contribution in [0.25, 0.3) is 10.8 Å². The Hall–Kier alpha value is -3.01. The van der Waals surface area contributed by atoms with Gasteiger partial charge in [0.2, 0.25) is 0 Å². The van der Waals surface area contributed by atoms with E-state index < -0.39 is 0 Å². The first kappa shape index (κ1) is 17.4. The standard InChI is InChI=1S/C23H24N2O2/c1-17-12-13-25(15-17)21-9-7-20(8-10-21)24-23(26)16-27-22-11-6-18-4-2-3-5-19(18)14-22/h2-11,14,17H,12-13,15-16H2,1H3,(H,24,26). The Kier molecular flexibility index (Phi) is 4.97. The number of fused-ring (bicyclic) bond motifs is 1. The first-order valence-electron chi connectivity index (χ1n) is 9.44. The zero-order chi connectivity index (χ0) is 18.6. The van der Waals surface area contributed by atoms with Crippen LogP contribution < -0.4 is 15.0 Å². The Labute approximate surface area is 159 Å². The molecule has 0 spiro atoms. The fourth-order valence-corrected chi connectivity index (χ4v) is 3.53. The molecule has 1 aliphatic rings. The molecule has 4 heteroatoms. The monoisotopic (exact) mass is 360 g/mol. The fraction of sp³-hybridized carbons (Fsp3) is 0.261. The first-order chi connectivity index (χ1) is 13.2. The molecule has 1 fully saturated rings. The Morgan fingerprint density at radius 2 is 1.85 bits per heavy atom. The van der Waals surface area contributed by atoms with Crippen LogP contribution in [0.4, 0.5) is 11.4 Å². The van der Waals surface area contributed by atoms with Crippen LogP contribution in [0.2, 0.25) is 0 Å². The number of anilines is 2. The number of amides is 1. The van der Waals surface area contributed by atoms with E-state index in [-0.39, 0.29) is 12.5 Å². The molecule has 1 amide bonds. The molecule has 4 nitrogen and oxygen atoms in total. The largest absolute Gasteiger partial charge is 0.484 e. The molecule has 3 aromatic rings. The van der Waals surface area contributed by atoms with Gasteiger partial charge in [0.25, 0.3) is 5.91 Å². The quantitative estimate of drug-likeness (QED) is 0.717. The van der Waals surface area contributed by atoms with Crippen molar-refractivity contribution < 1.29 is 9.53 Å². The third kappa shape index (κ3) is 4.22. The van der Waals surface area contributed by atoms with E-state index in [4.69, 9.17) is 4.74 Å². The zero-order valence-corrected chi connectivity index (χ0v) is 15.5. The van der Waals surface area contributed by atoms with Crippen LogP contribution in [-0.2, 0) is 4.79 Å². The summed E-state index contributed by atoms with van der Waals surface area (Å²) in [5.74, 6) is 1.28. The van der Waals surface area contributed by atoms with Gasteiger partial charge in [-0.1, -0.05) is 37.3 Å². The van der Waals surface area contributed by atoms with Crippen LogP contribution in [-0.4, -0.2) is 25.6 Å². The van der Waals surface area contributed by atoms with Crippen LogP contribution in [0.1, 0.15) is 13.3 Å². The molecule has 0 aromatic heterocycles. The summed E-state index contributed by atoms with van der Waals surface area (Å²) < 4.78 is 5.64. The molecule has 0 saturated carbocycles. The molecule has 1 saturated heterocycles. The minimum absolute atomic E-state index is 0.0102. The second kappa shape index (κ2) is 7.70. The topological polar surface area (TPSA) is 41.6 Å². The summed E-state index contributed by atoms with van der Waals surface area (Å²) in [6.45, 7) is 4.48. The van der Waals surface area contributed by atoms with Gasteiger partial charge in [0.15, 0.2) is 6.61 Å². The molecule has 1 heterocycles. The summed E-state index contributed by atoms with van der Waals surface area (Å²) in [5, 5.41) is 5.15. The van der Waals surface area contributed by atoms with Crippen molar-refractivity contribution in [2.45, 2.75) is 13.3 Å². The lowest BCUT2D eigenvalue weighted by Crippen LogP contribution is -2.21. The molecular weight excluding hydrogens is 336 g/mol. The van der Waals surface area contributed by atoms with Crippen LogP contribution in [0, 0.1) is 5.92 Å². The highest BCUT2D eigenvalue weighted by molar-refractivity contribution is 5.92. The van der Waals surface area contributed by atoms with Crippen LogP contribution in [0.15, 0.2) is 66.7 Å². The summed E-state index contributed by atoms with van der Waals surface area (Å²) in [4.78, 5) is 14.6. The second-order valence-corrected chi connectivity index (χ2v) is 7.23. The maximum absolute atomic E-state index is 12.2. The Morgan fingerprint density at radius 3 is 2.59 bits per heavy atom. The molecule has 138 valence electrons.